The largest absolute Gasteiger partial charge is 0.341 e. The molecule has 0 aliphatic heterocycles. The maximum atomic E-state index is 12.2. The summed E-state index contributed by atoms with van der Waals surface area (Å²) in [5, 5.41) is 0. The zero-order chi connectivity index (χ0) is 14.7. The van der Waals surface area contributed by atoms with Crippen molar-refractivity contribution in [2.24, 2.45) is 0 Å². The Bertz CT molecular complexity index is 675. The molecular formula is C14H17N3O2S. The average Bonchev–Trinajstić information content (AvgIpc) is 2.81. The van der Waals surface area contributed by atoms with Crippen molar-refractivity contribution < 1.29 is 4.79 Å². The molecule has 0 spiro atoms. The molecule has 2 aromatic rings. The minimum atomic E-state index is -0.337. The summed E-state index contributed by atoms with van der Waals surface area (Å²) in [6.45, 7) is 4.31. The first-order valence-corrected chi connectivity index (χ1v) is 7.21. The fraction of sp³-hybridized carbons (Fsp3) is 0.357. The van der Waals surface area contributed by atoms with Gasteiger partial charge in [0.25, 0.3) is 11.5 Å². The molecule has 2 aromatic heterocycles. The molecule has 0 saturated carbocycles. The summed E-state index contributed by atoms with van der Waals surface area (Å²) in [6.07, 6.45) is 0.752. The van der Waals surface area contributed by atoms with Crippen LogP contribution in [0.3, 0.4) is 0 Å². The predicted octanol–water partition coefficient (Wildman–Crippen LogP) is 1.76. The van der Waals surface area contributed by atoms with Crippen LogP contribution in [0.1, 0.15) is 26.6 Å². The van der Waals surface area contributed by atoms with Crippen LogP contribution in [0.15, 0.2) is 22.4 Å². The molecule has 0 unspecified atom stereocenters. The van der Waals surface area contributed by atoms with Crippen LogP contribution in [-0.2, 0) is 6.42 Å². The van der Waals surface area contributed by atoms with Gasteiger partial charge in [-0.25, -0.2) is 4.98 Å². The molecule has 0 fully saturated rings. The van der Waals surface area contributed by atoms with Crippen molar-refractivity contribution in [3.8, 4) is 0 Å². The van der Waals surface area contributed by atoms with E-state index in [0.29, 0.717) is 6.54 Å². The van der Waals surface area contributed by atoms with E-state index in [-0.39, 0.29) is 17.0 Å². The van der Waals surface area contributed by atoms with Gasteiger partial charge in [-0.3, -0.25) is 9.59 Å². The van der Waals surface area contributed by atoms with Crippen molar-refractivity contribution in [1.29, 1.82) is 0 Å². The van der Waals surface area contributed by atoms with Gasteiger partial charge in [-0.1, -0.05) is 0 Å². The number of aromatic nitrogens is 2. The van der Waals surface area contributed by atoms with E-state index in [1.54, 1.807) is 47.9 Å². The third kappa shape index (κ3) is 3.14. The highest BCUT2D eigenvalue weighted by molar-refractivity contribution is 7.09. The molecule has 20 heavy (non-hydrogen) atoms. The monoisotopic (exact) mass is 291 g/mol. The summed E-state index contributed by atoms with van der Waals surface area (Å²) in [4.78, 5) is 33.5. The number of nitrogens with zero attached hydrogens (tertiary/aromatic N) is 2. The number of pyridine rings is 1. The van der Waals surface area contributed by atoms with Crippen molar-refractivity contribution in [3.05, 3.63) is 49.8 Å². The number of aromatic amines is 1. The van der Waals surface area contributed by atoms with Gasteiger partial charge in [0.1, 0.15) is 5.56 Å². The van der Waals surface area contributed by atoms with E-state index in [1.165, 1.54) is 4.88 Å². The predicted molar refractivity (Wildman–Crippen MR) is 79.3 cm³/mol. The smallest absolute Gasteiger partial charge is 0.260 e. The Labute approximate surface area is 121 Å². The van der Waals surface area contributed by atoms with Gasteiger partial charge in [-0.15, -0.1) is 11.3 Å². The van der Waals surface area contributed by atoms with E-state index in [1.807, 2.05) is 6.92 Å². The zero-order valence-electron chi connectivity index (χ0n) is 11.8. The Balaban J connectivity index is 2.05. The number of hydrogen-bond acceptors (Lipinski definition) is 4. The number of aryl methyl sites for hydroxylation is 2. The molecule has 0 aliphatic rings. The average molecular weight is 291 g/mol. The lowest BCUT2D eigenvalue weighted by molar-refractivity contribution is 0.0795. The Kier molecular flexibility index (Phi) is 4.34. The highest BCUT2D eigenvalue weighted by atomic mass is 32.1. The summed E-state index contributed by atoms with van der Waals surface area (Å²) < 4.78 is 0. The lowest BCUT2D eigenvalue weighted by Gasteiger charge is -2.16. The molecule has 0 radical (unpaired) electrons. The first-order valence-electron chi connectivity index (χ1n) is 6.33. The van der Waals surface area contributed by atoms with Crippen LogP contribution in [0.25, 0.3) is 0 Å². The Hall–Kier alpha value is -1.95. The van der Waals surface area contributed by atoms with Crippen molar-refractivity contribution in [2.45, 2.75) is 20.3 Å². The third-order valence-corrected chi connectivity index (χ3v) is 4.15. The molecule has 0 atom stereocenters. The molecular weight excluding hydrogens is 274 g/mol. The Morgan fingerprint density at radius 2 is 2.15 bits per heavy atom. The molecule has 0 aromatic carbocycles. The zero-order valence-corrected chi connectivity index (χ0v) is 12.6. The second-order valence-corrected chi connectivity index (χ2v) is 5.66. The van der Waals surface area contributed by atoms with Crippen LogP contribution in [0.2, 0.25) is 0 Å². The fourth-order valence-electron chi connectivity index (χ4n) is 1.88. The number of likely N-dealkylation sites (N-methyl/N-ethyl adjacent to an activating group) is 1. The highest BCUT2D eigenvalue weighted by Crippen LogP contribution is 2.13. The van der Waals surface area contributed by atoms with Gasteiger partial charge in [0.2, 0.25) is 0 Å². The second-order valence-electron chi connectivity index (χ2n) is 4.72. The van der Waals surface area contributed by atoms with Crippen LogP contribution in [0, 0.1) is 13.8 Å². The third-order valence-electron chi connectivity index (χ3n) is 3.15. The number of thiazole rings is 1. The summed E-state index contributed by atoms with van der Waals surface area (Å²) in [6, 6.07) is 3.31. The lowest BCUT2D eigenvalue weighted by Crippen LogP contribution is -2.33. The van der Waals surface area contributed by atoms with Gasteiger partial charge in [0.05, 0.1) is 11.2 Å². The number of nitrogens with one attached hydrogen (secondary N) is 1. The molecule has 6 heteroatoms. The molecule has 1 N–H and O–H groups in total. The standard InChI is InChI=1S/C14H17N3O2S/c1-9-4-5-11(13(18)16-9)14(19)17(3)7-6-12-10(2)15-8-20-12/h4-5,8H,6-7H2,1-3H3,(H,16,18). The van der Waals surface area contributed by atoms with Crippen LogP contribution < -0.4 is 5.56 Å². The van der Waals surface area contributed by atoms with Crippen molar-refractivity contribution in [3.63, 3.8) is 0 Å². The van der Waals surface area contributed by atoms with E-state index < -0.39 is 0 Å². The number of H-pyrrole nitrogens is 1. The second kappa shape index (κ2) is 6.00. The van der Waals surface area contributed by atoms with Gasteiger partial charge in [-0.05, 0) is 26.0 Å². The van der Waals surface area contributed by atoms with E-state index in [2.05, 4.69) is 9.97 Å². The molecule has 1 amide bonds. The first kappa shape index (κ1) is 14.5. The van der Waals surface area contributed by atoms with Crippen LogP contribution >= 0.6 is 11.3 Å². The first-order chi connectivity index (χ1) is 9.49. The Morgan fingerprint density at radius 1 is 1.40 bits per heavy atom. The Morgan fingerprint density at radius 3 is 2.75 bits per heavy atom. The number of amides is 1. The molecule has 0 bridgehead atoms. The molecule has 2 rings (SSSR count). The molecule has 0 saturated heterocycles. The maximum Gasteiger partial charge on any atom is 0.260 e. The van der Waals surface area contributed by atoms with Crippen molar-refractivity contribution in [1.82, 2.24) is 14.9 Å². The van der Waals surface area contributed by atoms with Crippen molar-refractivity contribution >= 4 is 17.2 Å². The van der Waals surface area contributed by atoms with E-state index in [0.717, 1.165) is 17.8 Å². The van der Waals surface area contributed by atoms with Crippen LogP contribution in [-0.4, -0.2) is 34.4 Å². The van der Waals surface area contributed by atoms with Gasteiger partial charge in [0, 0.05) is 30.6 Å². The number of hydrogen-bond donors (Lipinski definition) is 1. The van der Waals surface area contributed by atoms with Crippen LogP contribution in [0.4, 0.5) is 0 Å². The van der Waals surface area contributed by atoms with Gasteiger partial charge in [0.15, 0.2) is 0 Å². The SMILES string of the molecule is Cc1ccc(C(=O)N(C)CCc2scnc2C)c(=O)[nH]1. The summed E-state index contributed by atoms with van der Waals surface area (Å²) in [5.74, 6) is -0.256. The molecule has 106 valence electrons. The maximum absolute atomic E-state index is 12.2. The number of carbonyl (C=O) groups is 1. The summed E-state index contributed by atoms with van der Waals surface area (Å²) >= 11 is 1.59. The summed E-state index contributed by atoms with van der Waals surface area (Å²) in [7, 11) is 1.71. The minimum Gasteiger partial charge on any atom is -0.341 e. The number of rotatable bonds is 4. The number of carbonyl (C=O) groups excluding carboxylic acids is 1. The highest BCUT2D eigenvalue weighted by Gasteiger charge is 2.15. The fourth-order valence-corrected chi connectivity index (χ4v) is 2.65. The summed E-state index contributed by atoms with van der Waals surface area (Å²) in [5.41, 5.74) is 3.39. The van der Waals surface area contributed by atoms with E-state index in [9.17, 15) is 9.59 Å². The van der Waals surface area contributed by atoms with Gasteiger partial charge in [-0.2, -0.15) is 0 Å². The van der Waals surface area contributed by atoms with Crippen molar-refractivity contribution in [2.75, 3.05) is 13.6 Å². The quantitative estimate of drug-likeness (QED) is 0.933. The molecule has 2 heterocycles. The van der Waals surface area contributed by atoms with E-state index >= 15 is 0 Å². The topological polar surface area (TPSA) is 66.1 Å². The minimum absolute atomic E-state index is 0.180. The van der Waals surface area contributed by atoms with E-state index in [4.69, 9.17) is 0 Å². The van der Waals surface area contributed by atoms with Gasteiger partial charge >= 0.3 is 0 Å². The molecule has 5 nitrogen and oxygen atoms in total. The van der Waals surface area contributed by atoms with Gasteiger partial charge < -0.3 is 9.88 Å². The molecule has 0 aliphatic carbocycles. The normalized spacial score (nSPS) is 10.6. The lowest BCUT2D eigenvalue weighted by atomic mass is 10.2. The van der Waals surface area contributed by atoms with Crippen LogP contribution in [0.5, 0.6) is 0 Å².